The molecule has 6 nitrogen and oxygen atoms in total. The highest BCUT2D eigenvalue weighted by atomic mass is 79.9. The first-order chi connectivity index (χ1) is 8.66. The molecule has 3 aromatic rings. The van der Waals surface area contributed by atoms with Crippen molar-refractivity contribution in [3.63, 3.8) is 0 Å². The molecule has 7 heteroatoms. The molecular weight excluding hydrogens is 296 g/mol. The van der Waals surface area contributed by atoms with Gasteiger partial charge in [-0.3, -0.25) is 0 Å². The van der Waals surface area contributed by atoms with Crippen LogP contribution in [-0.4, -0.2) is 25.0 Å². The molecule has 2 N–H and O–H groups in total. The van der Waals surface area contributed by atoms with Crippen molar-refractivity contribution in [2.24, 2.45) is 0 Å². The van der Waals surface area contributed by atoms with Gasteiger partial charge in [0.2, 0.25) is 10.7 Å². The predicted octanol–water partition coefficient (Wildman–Crippen LogP) is 1.86. The van der Waals surface area contributed by atoms with E-state index >= 15 is 0 Å². The predicted molar refractivity (Wildman–Crippen MR) is 71.3 cm³/mol. The average molecular weight is 305 g/mol. The van der Waals surface area contributed by atoms with Gasteiger partial charge >= 0.3 is 0 Å². The molecule has 0 unspecified atom stereocenters. The van der Waals surface area contributed by atoms with Crippen molar-refractivity contribution in [3.8, 4) is 5.82 Å². The molecular formula is C11H9BrN6. The molecule has 0 amide bonds. The van der Waals surface area contributed by atoms with Crippen molar-refractivity contribution in [2.45, 2.75) is 6.92 Å². The Morgan fingerprint density at radius 1 is 1.17 bits per heavy atom. The highest BCUT2D eigenvalue weighted by Crippen LogP contribution is 2.23. The molecule has 0 aliphatic rings. The molecule has 0 atom stereocenters. The number of benzene rings is 1. The topological polar surface area (TPSA) is 82.5 Å². The lowest BCUT2D eigenvalue weighted by Crippen LogP contribution is -2.04. The van der Waals surface area contributed by atoms with Crippen LogP contribution < -0.4 is 5.73 Å². The molecule has 3 rings (SSSR count). The zero-order valence-electron chi connectivity index (χ0n) is 9.50. The lowest BCUT2D eigenvalue weighted by Gasteiger charge is -2.06. The molecule has 0 saturated heterocycles. The second kappa shape index (κ2) is 4.02. The van der Waals surface area contributed by atoms with Gasteiger partial charge in [0.1, 0.15) is 0 Å². The largest absolute Gasteiger partial charge is 0.366 e. The van der Waals surface area contributed by atoms with Crippen molar-refractivity contribution in [1.82, 2.24) is 25.0 Å². The second-order valence-electron chi connectivity index (χ2n) is 3.81. The zero-order chi connectivity index (χ0) is 12.7. The molecule has 2 aromatic heterocycles. The number of nitrogens with two attached hydrogens (primary N) is 1. The van der Waals surface area contributed by atoms with Gasteiger partial charge in [0, 0.05) is 10.8 Å². The summed E-state index contributed by atoms with van der Waals surface area (Å²) >= 11 is 3.30. The monoisotopic (exact) mass is 304 g/mol. The molecule has 18 heavy (non-hydrogen) atoms. The number of fused-ring (bicyclic) bond motifs is 1. The van der Waals surface area contributed by atoms with Crippen molar-refractivity contribution < 1.29 is 0 Å². The number of rotatable bonds is 1. The van der Waals surface area contributed by atoms with Crippen LogP contribution in [0.1, 0.15) is 5.69 Å². The third kappa shape index (κ3) is 1.63. The van der Waals surface area contributed by atoms with Gasteiger partial charge in [-0.2, -0.15) is 14.8 Å². The van der Waals surface area contributed by atoms with Gasteiger partial charge in [-0.15, -0.1) is 10.2 Å². The quantitative estimate of drug-likeness (QED) is 0.742. The molecule has 0 saturated carbocycles. The van der Waals surface area contributed by atoms with Crippen LogP contribution in [0.25, 0.3) is 16.6 Å². The summed E-state index contributed by atoms with van der Waals surface area (Å²) in [6, 6.07) is 7.88. The Hall–Kier alpha value is -2.02. The lowest BCUT2D eigenvalue weighted by atomic mass is 10.1. The van der Waals surface area contributed by atoms with E-state index in [0.29, 0.717) is 10.6 Å². The fraction of sp³-hybridized carbons (Fsp3) is 0.0909. The van der Waals surface area contributed by atoms with Crippen LogP contribution in [0.3, 0.4) is 0 Å². The molecule has 0 radical (unpaired) electrons. The van der Waals surface area contributed by atoms with E-state index in [9.17, 15) is 0 Å². The van der Waals surface area contributed by atoms with Gasteiger partial charge in [-0.1, -0.05) is 24.3 Å². The van der Waals surface area contributed by atoms with E-state index in [2.05, 4.69) is 36.2 Å². The number of hydrogen-bond acceptors (Lipinski definition) is 5. The summed E-state index contributed by atoms with van der Waals surface area (Å²) < 4.78 is 2.03. The number of nitrogen functional groups attached to an aromatic ring is 1. The Morgan fingerprint density at radius 3 is 2.56 bits per heavy atom. The standard InChI is InChI=1S/C11H9BrN6/c1-6-7-4-2-3-5-8(7)9(16-15-6)18-10(12)14-11(13)17-18/h2-5H,1H3,(H2,13,17). The maximum Gasteiger partial charge on any atom is 0.240 e. The van der Waals surface area contributed by atoms with Crippen molar-refractivity contribution in [3.05, 3.63) is 34.7 Å². The van der Waals surface area contributed by atoms with Gasteiger partial charge in [-0.05, 0) is 22.9 Å². The summed E-state index contributed by atoms with van der Waals surface area (Å²) in [6.45, 7) is 1.92. The van der Waals surface area contributed by atoms with E-state index in [1.807, 2.05) is 31.2 Å². The molecule has 0 aliphatic carbocycles. The number of halogens is 1. The van der Waals surface area contributed by atoms with E-state index in [1.165, 1.54) is 4.68 Å². The smallest absolute Gasteiger partial charge is 0.240 e. The minimum atomic E-state index is 0.188. The first-order valence-corrected chi connectivity index (χ1v) is 6.06. The molecule has 0 spiro atoms. The summed E-state index contributed by atoms with van der Waals surface area (Å²) in [6.07, 6.45) is 0. The number of anilines is 1. The lowest BCUT2D eigenvalue weighted by molar-refractivity contribution is 0.803. The third-order valence-electron chi connectivity index (χ3n) is 2.64. The summed E-state index contributed by atoms with van der Waals surface area (Å²) in [5.74, 6) is 0.792. The van der Waals surface area contributed by atoms with Gasteiger partial charge in [0.05, 0.1) is 5.69 Å². The van der Waals surface area contributed by atoms with Crippen LogP contribution in [0, 0.1) is 6.92 Å². The SMILES string of the molecule is Cc1nnc(-n2nc(N)nc2Br)c2ccccc12. The molecule has 2 heterocycles. The van der Waals surface area contributed by atoms with Crippen LogP contribution in [0.4, 0.5) is 5.95 Å². The summed E-state index contributed by atoms with van der Waals surface area (Å²) in [7, 11) is 0. The van der Waals surface area contributed by atoms with Crippen LogP contribution in [0.5, 0.6) is 0 Å². The average Bonchev–Trinajstić information content (AvgIpc) is 2.69. The summed E-state index contributed by atoms with van der Waals surface area (Å²) in [4.78, 5) is 4.00. The minimum absolute atomic E-state index is 0.188. The number of nitrogens with zero attached hydrogens (tertiary/aromatic N) is 5. The van der Waals surface area contributed by atoms with Crippen LogP contribution in [0.2, 0.25) is 0 Å². The molecule has 0 aliphatic heterocycles. The van der Waals surface area contributed by atoms with E-state index in [0.717, 1.165) is 16.5 Å². The third-order valence-corrected chi connectivity index (χ3v) is 3.15. The van der Waals surface area contributed by atoms with Crippen LogP contribution in [-0.2, 0) is 0 Å². The van der Waals surface area contributed by atoms with Gasteiger partial charge < -0.3 is 5.73 Å². The molecule has 90 valence electrons. The number of hydrogen-bond donors (Lipinski definition) is 1. The first-order valence-electron chi connectivity index (χ1n) is 5.27. The Kier molecular flexibility index (Phi) is 2.48. The molecule has 0 fully saturated rings. The van der Waals surface area contributed by atoms with Gasteiger partial charge in [0.25, 0.3) is 0 Å². The summed E-state index contributed by atoms with van der Waals surface area (Å²) in [5, 5.41) is 14.4. The first kappa shape index (κ1) is 11.1. The Balaban J connectivity index is 2.37. The van der Waals surface area contributed by atoms with Crippen molar-refractivity contribution >= 4 is 32.7 Å². The molecule has 1 aromatic carbocycles. The van der Waals surface area contributed by atoms with E-state index < -0.39 is 0 Å². The Bertz CT molecular complexity index is 735. The fourth-order valence-corrected chi connectivity index (χ4v) is 2.25. The normalized spacial score (nSPS) is 11.0. The van der Waals surface area contributed by atoms with E-state index in [-0.39, 0.29) is 5.95 Å². The van der Waals surface area contributed by atoms with E-state index in [1.54, 1.807) is 0 Å². The summed E-state index contributed by atoms with van der Waals surface area (Å²) in [5.41, 5.74) is 6.44. The number of aryl methyl sites for hydroxylation is 1. The fourth-order valence-electron chi connectivity index (χ4n) is 1.82. The maximum absolute atomic E-state index is 5.57. The van der Waals surface area contributed by atoms with Crippen LogP contribution in [0.15, 0.2) is 29.0 Å². The van der Waals surface area contributed by atoms with E-state index in [4.69, 9.17) is 5.73 Å². The molecule has 0 bridgehead atoms. The minimum Gasteiger partial charge on any atom is -0.366 e. The highest BCUT2D eigenvalue weighted by Gasteiger charge is 2.13. The van der Waals surface area contributed by atoms with Gasteiger partial charge in [0.15, 0.2) is 5.82 Å². The Morgan fingerprint density at radius 2 is 1.89 bits per heavy atom. The van der Waals surface area contributed by atoms with Crippen molar-refractivity contribution in [1.29, 1.82) is 0 Å². The highest BCUT2D eigenvalue weighted by molar-refractivity contribution is 9.10. The maximum atomic E-state index is 5.57. The zero-order valence-corrected chi connectivity index (χ0v) is 11.1. The van der Waals surface area contributed by atoms with Crippen molar-refractivity contribution in [2.75, 3.05) is 5.73 Å². The Labute approximate surface area is 111 Å². The van der Waals surface area contributed by atoms with Gasteiger partial charge in [-0.25, -0.2) is 0 Å². The number of aromatic nitrogens is 5. The second-order valence-corrected chi connectivity index (χ2v) is 4.51. The van der Waals surface area contributed by atoms with Crippen LogP contribution >= 0.6 is 15.9 Å².